The standard InChI is InChI=1S/C21H21N3OS/c25-20(19-15-26-21(23-19)17-9-5-2-6-10-17)22-18-11-12-24(14-18)13-16-7-3-1-4-8-16/h1-10,15,18H,11-14H2,(H,22,25)/p+1/t18-/m1/s1. The van der Waals surface area contributed by atoms with Crippen LogP contribution < -0.4 is 10.2 Å². The summed E-state index contributed by atoms with van der Waals surface area (Å²) in [6, 6.07) is 20.7. The number of amides is 1. The highest BCUT2D eigenvalue weighted by molar-refractivity contribution is 7.13. The van der Waals surface area contributed by atoms with E-state index in [4.69, 9.17) is 0 Å². The monoisotopic (exact) mass is 364 g/mol. The number of hydrogen-bond acceptors (Lipinski definition) is 3. The maximum atomic E-state index is 12.5. The van der Waals surface area contributed by atoms with Gasteiger partial charge in [-0.2, -0.15) is 0 Å². The van der Waals surface area contributed by atoms with Crippen molar-refractivity contribution >= 4 is 17.2 Å². The van der Waals surface area contributed by atoms with Gasteiger partial charge in [0.05, 0.1) is 19.1 Å². The fraction of sp³-hybridized carbons (Fsp3) is 0.238. The zero-order valence-electron chi connectivity index (χ0n) is 14.5. The van der Waals surface area contributed by atoms with E-state index in [9.17, 15) is 4.79 Å². The first-order valence-electron chi connectivity index (χ1n) is 8.97. The van der Waals surface area contributed by atoms with Crippen molar-refractivity contribution in [1.29, 1.82) is 0 Å². The number of benzene rings is 2. The molecule has 26 heavy (non-hydrogen) atoms. The molecule has 2 aromatic carbocycles. The molecule has 1 unspecified atom stereocenters. The summed E-state index contributed by atoms with van der Waals surface area (Å²) in [6.45, 7) is 3.07. The first kappa shape index (κ1) is 16.9. The van der Waals surface area contributed by atoms with Gasteiger partial charge in [-0.25, -0.2) is 4.98 Å². The summed E-state index contributed by atoms with van der Waals surface area (Å²) < 4.78 is 0. The third-order valence-corrected chi connectivity index (χ3v) is 5.66. The Balaban J connectivity index is 1.33. The molecule has 3 aromatic rings. The molecule has 0 spiro atoms. The van der Waals surface area contributed by atoms with Gasteiger partial charge in [-0.15, -0.1) is 11.3 Å². The van der Waals surface area contributed by atoms with Crippen LogP contribution in [0.25, 0.3) is 10.6 Å². The van der Waals surface area contributed by atoms with Gasteiger partial charge in [-0.1, -0.05) is 60.7 Å². The molecule has 5 heteroatoms. The molecule has 1 saturated heterocycles. The Labute approximate surface area is 157 Å². The lowest BCUT2D eigenvalue weighted by atomic mass is 10.2. The smallest absolute Gasteiger partial charge is 0.271 e. The molecule has 1 amide bonds. The molecule has 132 valence electrons. The van der Waals surface area contributed by atoms with Crippen LogP contribution in [0.5, 0.6) is 0 Å². The summed E-state index contributed by atoms with van der Waals surface area (Å²) in [5.41, 5.74) is 2.92. The van der Waals surface area contributed by atoms with E-state index in [0.29, 0.717) is 5.69 Å². The highest BCUT2D eigenvalue weighted by atomic mass is 32.1. The topological polar surface area (TPSA) is 46.4 Å². The van der Waals surface area contributed by atoms with Crippen LogP contribution in [0.3, 0.4) is 0 Å². The zero-order valence-corrected chi connectivity index (χ0v) is 15.3. The second-order valence-corrected chi connectivity index (χ2v) is 7.59. The highest BCUT2D eigenvalue weighted by Crippen LogP contribution is 2.23. The van der Waals surface area contributed by atoms with Gasteiger partial charge in [-0.05, 0) is 0 Å². The van der Waals surface area contributed by atoms with Crippen molar-refractivity contribution in [3.8, 4) is 10.6 Å². The minimum absolute atomic E-state index is 0.0607. The Morgan fingerprint density at radius 1 is 1.12 bits per heavy atom. The fourth-order valence-electron chi connectivity index (χ4n) is 3.45. The molecule has 4 rings (SSSR count). The van der Waals surface area contributed by atoms with Crippen molar-refractivity contribution in [3.05, 3.63) is 77.3 Å². The maximum Gasteiger partial charge on any atom is 0.271 e. The molecule has 1 aliphatic heterocycles. The number of nitrogens with one attached hydrogen (secondary N) is 2. The molecular weight excluding hydrogens is 342 g/mol. The van der Waals surface area contributed by atoms with Gasteiger partial charge in [0.15, 0.2) is 0 Å². The molecule has 2 atom stereocenters. The molecule has 4 nitrogen and oxygen atoms in total. The second kappa shape index (κ2) is 7.81. The van der Waals surface area contributed by atoms with Crippen molar-refractivity contribution in [2.75, 3.05) is 13.1 Å². The van der Waals surface area contributed by atoms with Gasteiger partial charge < -0.3 is 10.2 Å². The Kier molecular flexibility index (Phi) is 5.09. The molecule has 2 heterocycles. The van der Waals surface area contributed by atoms with E-state index >= 15 is 0 Å². The predicted molar refractivity (Wildman–Crippen MR) is 104 cm³/mol. The summed E-state index contributed by atoms with van der Waals surface area (Å²) in [5, 5.41) is 5.90. The van der Waals surface area contributed by atoms with Crippen molar-refractivity contribution < 1.29 is 9.69 Å². The van der Waals surface area contributed by atoms with Crippen LogP contribution in [-0.4, -0.2) is 30.0 Å². The lowest BCUT2D eigenvalue weighted by Gasteiger charge is -2.14. The van der Waals surface area contributed by atoms with Gasteiger partial charge in [0.2, 0.25) is 0 Å². The van der Waals surface area contributed by atoms with E-state index in [1.54, 1.807) is 0 Å². The maximum absolute atomic E-state index is 12.5. The van der Waals surface area contributed by atoms with Gasteiger partial charge >= 0.3 is 0 Å². The Morgan fingerprint density at radius 3 is 2.62 bits per heavy atom. The number of quaternary nitrogens is 1. The largest absolute Gasteiger partial charge is 0.342 e. The first-order valence-corrected chi connectivity index (χ1v) is 9.85. The van der Waals surface area contributed by atoms with E-state index in [-0.39, 0.29) is 11.9 Å². The zero-order chi connectivity index (χ0) is 17.8. The quantitative estimate of drug-likeness (QED) is 0.730. The van der Waals surface area contributed by atoms with Gasteiger partial charge in [0.25, 0.3) is 5.91 Å². The van der Waals surface area contributed by atoms with Crippen LogP contribution in [0, 0.1) is 0 Å². The third kappa shape index (κ3) is 4.00. The number of nitrogens with zero attached hydrogens (tertiary/aromatic N) is 1. The molecule has 1 fully saturated rings. The van der Waals surface area contributed by atoms with Crippen molar-refractivity contribution in [3.63, 3.8) is 0 Å². The second-order valence-electron chi connectivity index (χ2n) is 6.73. The average Bonchev–Trinajstić information content (AvgIpc) is 3.33. The number of rotatable bonds is 5. The summed E-state index contributed by atoms with van der Waals surface area (Å²) >= 11 is 1.51. The highest BCUT2D eigenvalue weighted by Gasteiger charge is 2.28. The summed E-state index contributed by atoms with van der Waals surface area (Å²) in [5.74, 6) is -0.0607. The third-order valence-electron chi connectivity index (χ3n) is 4.77. The SMILES string of the molecule is O=C(N[C@@H]1CC[NH+](Cc2ccccc2)C1)c1csc(-c2ccccc2)n1. The molecule has 1 aromatic heterocycles. The molecule has 1 aliphatic rings. The minimum Gasteiger partial charge on any atom is -0.342 e. The van der Waals surface area contributed by atoms with Crippen LogP contribution in [-0.2, 0) is 6.54 Å². The van der Waals surface area contributed by atoms with Crippen LogP contribution >= 0.6 is 11.3 Å². The van der Waals surface area contributed by atoms with Gasteiger partial charge in [-0.3, -0.25) is 4.79 Å². The number of aromatic nitrogens is 1. The summed E-state index contributed by atoms with van der Waals surface area (Å²) in [6.07, 6.45) is 1.02. The first-order chi connectivity index (χ1) is 12.8. The molecular formula is C21H22N3OS+. The van der Waals surface area contributed by atoms with Crippen molar-refractivity contribution in [2.24, 2.45) is 0 Å². The van der Waals surface area contributed by atoms with E-state index in [1.807, 2.05) is 41.8 Å². The average molecular weight is 364 g/mol. The van der Waals surface area contributed by atoms with Gasteiger partial charge in [0, 0.05) is 22.9 Å². The predicted octanol–water partition coefficient (Wildman–Crippen LogP) is 2.40. The molecule has 0 radical (unpaired) electrons. The van der Waals surface area contributed by atoms with E-state index < -0.39 is 0 Å². The van der Waals surface area contributed by atoms with E-state index in [2.05, 4.69) is 34.6 Å². The molecule has 0 aliphatic carbocycles. The lowest BCUT2D eigenvalue weighted by molar-refractivity contribution is -0.901. The normalized spacial score (nSPS) is 19.4. The van der Waals surface area contributed by atoms with E-state index in [0.717, 1.165) is 36.6 Å². The number of hydrogen-bond donors (Lipinski definition) is 2. The van der Waals surface area contributed by atoms with Crippen LogP contribution in [0.15, 0.2) is 66.0 Å². The Bertz CT molecular complexity index is 863. The van der Waals surface area contributed by atoms with Crippen LogP contribution in [0.2, 0.25) is 0 Å². The molecule has 2 N–H and O–H groups in total. The lowest BCUT2D eigenvalue weighted by Crippen LogP contribution is -3.09. The van der Waals surface area contributed by atoms with Crippen molar-refractivity contribution in [1.82, 2.24) is 10.3 Å². The number of thiazole rings is 1. The molecule has 0 saturated carbocycles. The minimum atomic E-state index is -0.0607. The van der Waals surface area contributed by atoms with E-state index in [1.165, 1.54) is 21.8 Å². The summed E-state index contributed by atoms with van der Waals surface area (Å²) in [7, 11) is 0. The molecule has 0 bridgehead atoms. The Hall–Kier alpha value is -2.50. The number of likely N-dealkylation sites (tertiary alicyclic amines) is 1. The van der Waals surface area contributed by atoms with Crippen LogP contribution in [0.1, 0.15) is 22.5 Å². The van der Waals surface area contributed by atoms with Gasteiger partial charge in [0.1, 0.15) is 17.2 Å². The van der Waals surface area contributed by atoms with Crippen LogP contribution in [0.4, 0.5) is 0 Å². The Morgan fingerprint density at radius 2 is 1.85 bits per heavy atom. The summed E-state index contributed by atoms with van der Waals surface area (Å²) in [4.78, 5) is 18.6. The number of carbonyl (C=O) groups excluding carboxylic acids is 1. The number of carbonyl (C=O) groups is 1. The fourth-order valence-corrected chi connectivity index (χ4v) is 4.26. The van der Waals surface area contributed by atoms with Crippen molar-refractivity contribution in [2.45, 2.75) is 19.0 Å².